The number of hydrogen-bond acceptors (Lipinski definition) is 3. The Morgan fingerprint density at radius 3 is 2.53 bits per heavy atom. The van der Waals surface area contributed by atoms with Crippen LogP contribution in [0.25, 0.3) is 0 Å². The molecule has 100 valence electrons. The van der Waals surface area contributed by atoms with E-state index in [0.29, 0.717) is 19.6 Å². The van der Waals surface area contributed by atoms with Gasteiger partial charge in [-0.2, -0.15) is 0 Å². The van der Waals surface area contributed by atoms with E-state index in [2.05, 4.69) is 5.32 Å². The fourth-order valence-corrected chi connectivity index (χ4v) is 3.33. The highest BCUT2D eigenvalue weighted by atomic mass is 32.2. The van der Waals surface area contributed by atoms with E-state index in [4.69, 9.17) is 0 Å². The van der Waals surface area contributed by atoms with Crippen molar-refractivity contribution in [2.75, 3.05) is 25.4 Å². The third-order valence-electron chi connectivity index (χ3n) is 2.90. The topological polar surface area (TPSA) is 66.5 Å². The summed E-state index contributed by atoms with van der Waals surface area (Å²) in [5.41, 5.74) is 0. The predicted molar refractivity (Wildman–Crippen MR) is 67.1 cm³/mol. The molecule has 0 saturated carbocycles. The van der Waals surface area contributed by atoms with Crippen LogP contribution in [0.5, 0.6) is 0 Å². The summed E-state index contributed by atoms with van der Waals surface area (Å²) >= 11 is 0. The lowest BCUT2D eigenvalue weighted by atomic mass is 10.3. The first-order chi connectivity index (χ1) is 8.06. The number of carbonyl (C=O) groups excluding carboxylic acids is 1. The van der Waals surface area contributed by atoms with E-state index in [1.807, 2.05) is 6.92 Å². The Kier molecular flexibility index (Phi) is 5.91. The van der Waals surface area contributed by atoms with E-state index < -0.39 is 10.0 Å². The second-order valence-electron chi connectivity index (χ2n) is 4.38. The van der Waals surface area contributed by atoms with Crippen molar-refractivity contribution < 1.29 is 13.2 Å². The first-order valence-corrected chi connectivity index (χ1v) is 7.91. The van der Waals surface area contributed by atoms with E-state index >= 15 is 0 Å². The molecule has 0 unspecified atom stereocenters. The third kappa shape index (κ3) is 5.04. The second kappa shape index (κ2) is 6.96. The molecular weight excluding hydrogens is 240 g/mol. The molecule has 0 aliphatic carbocycles. The van der Waals surface area contributed by atoms with Gasteiger partial charge >= 0.3 is 0 Å². The zero-order chi connectivity index (χ0) is 12.7. The number of unbranched alkanes of at least 4 members (excludes halogenated alkanes) is 1. The summed E-state index contributed by atoms with van der Waals surface area (Å²) in [6.07, 6.45) is 3.89. The normalized spacial score (nSPS) is 17.2. The molecule has 1 fully saturated rings. The van der Waals surface area contributed by atoms with Crippen LogP contribution in [-0.2, 0) is 14.8 Å². The lowest BCUT2D eigenvalue weighted by molar-refractivity contribution is -0.120. The molecule has 6 heteroatoms. The Morgan fingerprint density at radius 1 is 1.29 bits per heavy atom. The van der Waals surface area contributed by atoms with Crippen molar-refractivity contribution in [3.8, 4) is 0 Å². The van der Waals surface area contributed by atoms with E-state index in [1.54, 1.807) is 0 Å². The average molecular weight is 262 g/mol. The molecule has 1 heterocycles. The van der Waals surface area contributed by atoms with E-state index in [1.165, 1.54) is 4.31 Å². The zero-order valence-electron chi connectivity index (χ0n) is 10.4. The van der Waals surface area contributed by atoms with Crippen LogP contribution in [0.1, 0.15) is 39.0 Å². The van der Waals surface area contributed by atoms with Crippen LogP contribution in [0.4, 0.5) is 0 Å². The van der Waals surface area contributed by atoms with Crippen molar-refractivity contribution in [1.82, 2.24) is 9.62 Å². The SMILES string of the molecule is CCCCNC(=O)CCS(=O)(=O)N1CCCC1. The van der Waals surface area contributed by atoms with Gasteiger partial charge in [-0.25, -0.2) is 12.7 Å². The Labute approximate surface area is 104 Å². The van der Waals surface area contributed by atoms with Crippen LogP contribution < -0.4 is 5.32 Å². The summed E-state index contributed by atoms with van der Waals surface area (Å²) in [6.45, 7) is 3.91. The summed E-state index contributed by atoms with van der Waals surface area (Å²) in [5.74, 6) is -0.230. The first-order valence-electron chi connectivity index (χ1n) is 6.31. The zero-order valence-corrected chi connectivity index (χ0v) is 11.3. The fraction of sp³-hybridized carbons (Fsp3) is 0.909. The van der Waals surface area contributed by atoms with Crippen LogP contribution in [0.3, 0.4) is 0 Å². The van der Waals surface area contributed by atoms with Gasteiger partial charge < -0.3 is 5.32 Å². The second-order valence-corrected chi connectivity index (χ2v) is 6.46. The molecule has 0 aromatic heterocycles. The Hall–Kier alpha value is -0.620. The Bertz CT molecular complexity index is 335. The molecule has 1 saturated heterocycles. The van der Waals surface area contributed by atoms with Crippen molar-refractivity contribution in [2.45, 2.75) is 39.0 Å². The van der Waals surface area contributed by atoms with Crippen LogP contribution in [0.15, 0.2) is 0 Å². The molecule has 0 aromatic carbocycles. The van der Waals surface area contributed by atoms with Crippen LogP contribution in [0, 0.1) is 0 Å². The maximum Gasteiger partial charge on any atom is 0.221 e. The molecule has 1 amide bonds. The van der Waals surface area contributed by atoms with Gasteiger partial charge in [0.15, 0.2) is 0 Å². The molecule has 0 aromatic rings. The van der Waals surface area contributed by atoms with Crippen LogP contribution >= 0.6 is 0 Å². The number of amides is 1. The van der Waals surface area contributed by atoms with Gasteiger partial charge in [0, 0.05) is 26.1 Å². The highest BCUT2D eigenvalue weighted by Crippen LogP contribution is 2.13. The lowest BCUT2D eigenvalue weighted by Gasteiger charge is -2.14. The van der Waals surface area contributed by atoms with Gasteiger partial charge in [-0.05, 0) is 19.3 Å². The van der Waals surface area contributed by atoms with Crippen LogP contribution in [0.2, 0.25) is 0 Å². The average Bonchev–Trinajstić information content (AvgIpc) is 2.81. The number of nitrogens with zero attached hydrogens (tertiary/aromatic N) is 1. The molecule has 1 rings (SSSR count). The molecule has 0 spiro atoms. The lowest BCUT2D eigenvalue weighted by Crippen LogP contribution is -2.33. The Balaban J connectivity index is 2.26. The number of hydrogen-bond donors (Lipinski definition) is 1. The molecule has 1 aliphatic rings. The van der Waals surface area contributed by atoms with E-state index in [0.717, 1.165) is 25.7 Å². The quantitative estimate of drug-likeness (QED) is 0.687. The number of sulfonamides is 1. The summed E-state index contributed by atoms with van der Waals surface area (Å²) < 4.78 is 25.1. The van der Waals surface area contributed by atoms with Gasteiger partial charge in [0.1, 0.15) is 0 Å². The maximum atomic E-state index is 11.8. The molecule has 1 aliphatic heterocycles. The molecule has 0 radical (unpaired) electrons. The predicted octanol–water partition coefficient (Wildman–Crippen LogP) is 0.718. The van der Waals surface area contributed by atoms with Gasteiger partial charge in [0.05, 0.1) is 5.75 Å². The molecule has 0 atom stereocenters. The van der Waals surface area contributed by atoms with Gasteiger partial charge in [-0.15, -0.1) is 0 Å². The monoisotopic (exact) mass is 262 g/mol. The maximum absolute atomic E-state index is 11.8. The smallest absolute Gasteiger partial charge is 0.221 e. The summed E-state index contributed by atoms with van der Waals surface area (Å²) in [6, 6.07) is 0. The minimum absolute atomic E-state index is 0.0645. The molecule has 5 nitrogen and oxygen atoms in total. The Morgan fingerprint density at radius 2 is 1.94 bits per heavy atom. The molecule has 17 heavy (non-hydrogen) atoms. The summed E-state index contributed by atoms with van der Waals surface area (Å²) in [4.78, 5) is 11.4. The van der Waals surface area contributed by atoms with Crippen LogP contribution in [-0.4, -0.2) is 44.0 Å². The van der Waals surface area contributed by atoms with Gasteiger partial charge in [-0.3, -0.25) is 4.79 Å². The van der Waals surface area contributed by atoms with Crippen molar-refractivity contribution in [2.24, 2.45) is 0 Å². The van der Waals surface area contributed by atoms with Crippen molar-refractivity contribution >= 4 is 15.9 Å². The van der Waals surface area contributed by atoms with Crippen molar-refractivity contribution in [1.29, 1.82) is 0 Å². The largest absolute Gasteiger partial charge is 0.356 e. The summed E-state index contributed by atoms with van der Waals surface area (Å²) in [7, 11) is -3.21. The van der Waals surface area contributed by atoms with E-state index in [9.17, 15) is 13.2 Å². The third-order valence-corrected chi connectivity index (χ3v) is 4.77. The van der Waals surface area contributed by atoms with Gasteiger partial charge in [0.2, 0.25) is 15.9 Å². The number of carbonyl (C=O) groups is 1. The molecular formula is C11H22N2O3S. The minimum Gasteiger partial charge on any atom is -0.356 e. The highest BCUT2D eigenvalue weighted by Gasteiger charge is 2.25. The number of nitrogens with one attached hydrogen (secondary N) is 1. The summed E-state index contributed by atoms with van der Waals surface area (Å²) in [5, 5.41) is 2.72. The number of rotatable bonds is 7. The standard InChI is InChI=1S/C11H22N2O3S/c1-2-3-7-12-11(14)6-10-17(15,16)13-8-4-5-9-13/h2-10H2,1H3,(H,12,14). The first kappa shape index (κ1) is 14.4. The van der Waals surface area contributed by atoms with Crippen molar-refractivity contribution in [3.05, 3.63) is 0 Å². The van der Waals surface area contributed by atoms with Gasteiger partial charge in [0.25, 0.3) is 0 Å². The highest BCUT2D eigenvalue weighted by molar-refractivity contribution is 7.89. The molecule has 0 bridgehead atoms. The minimum atomic E-state index is -3.21. The van der Waals surface area contributed by atoms with Crippen molar-refractivity contribution in [3.63, 3.8) is 0 Å². The molecule has 1 N–H and O–H groups in total. The van der Waals surface area contributed by atoms with Gasteiger partial charge in [-0.1, -0.05) is 13.3 Å². The van der Waals surface area contributed by atoms with E-state index in [-0.39, 0.29) is 18.1 Å². The fourth-order valence-electron chi connectivity index (χ4n) is 1.81.